The van der Waals surface area contributed by atoms with Crippen LogP contribution in [0.4, 0.5) is 5.69 Å². The summed E-state index contributed by atoms with van der Waals surface area (Å²) >= 11 is 6.01. The first-order valence-corrected chi connectivity index (χ1v) is 7.88. The second-order valence-corrected chi connectivity index (χ2v) is 6.03. The summed E-state index contributed by atoms with van der Waals surface area (Å²) in [4.78, 5) is 17.2. The quantitative estimate of drug-likeness (QED) is 0.747. The zero-order valence-corrected chi connectivity index (χ0v) is 14.4. The first-order chi connectivity index (χ1) is 11.5. The van der Waals surface area contributed by atoms with Crippen LogP contribution in [0.25, 0.3) is 10.9 Å². The highest BCUT2D eigenvalue weighted by atomic mass is 35.5. The Morgan fingerprint density at radius 1 is 1.12 bits per heavy atom. The topological polar surface area (TPSA) is 51.2 Å². The molecule has 5 heteroatoms. The van der Waals surface area contributed by atoms with Gasteiger partial charge in [-0.25, -0.2) is 0 Å². The van der Waals surface area contributed by atoms with Crippen molar-refractivity contribution in [2.24, 2.45) is 0 Å². The van der Waals surface area contributed by atoms with Crippen molar-refractivity contribution in [3.8, 4) is 5.75 Å². The van der Waals surface area contributed by atoms with Crippen molar-refractivity contribution in [2.75, 3.05) is 12.4 Å². The zero-order chi connectivity index (χ0) is 17.3. The minimum atomic E-state index is -0.205. The number of rotatable bonds is 3. The number of halogens is 1. The van der Waals surface area contributed by atoms with Gasteiger partial charge < -0.3 is 10.1 Å². The number of aromatic nitrogens is 1. The Labute approximate surface area is 145 Å². The van der Waals surface area contributed by atoms with Gasteiger partial charge in [0.25, 0.3) is 5.91 Å². The number of carbonyl (C=O) groups is 1. The van der Waals surface area contributed by atoms with Gasteiger partial charge in [-0.2, -0.15) is 0 Å². The van der Waals surface area contributed by atoms with Gasteiger partial charge in [0.1, 0.15) is 5.75 Å². The van der Waals surface area contributed by atoms with E-state index in [0.717, 1.165) is 22.2 Å². The summed E-state index contributed by atoms with van der Waals surface area (Å²) in [5, 5.41) is 4.37. The third kappa shape index (κ3) is 3.19. The molecule has 0 atom stereocenters. The van der Waals surface area contributed by atoms with Crippen molar-refractivity contribution in [1.82, 2.24) is 4.98 Å². The number of hydrogen-bond acceptors (Lipinski definition) is 3. The van der Waals surface area contributed by atoms with Gasteiger partial charge in [-0.3, -0.25) is 9.78 Å². The maximum atomic E-state index is 12.6. The van der Waals surface area contributed by atoms with E-state index in [0.29, 0.717) is 22.0 Å². The van der Waals surface area contributed by atoms with E-state index in [9.17, 15) is 4.79 Å². The first kappa shape index (κ1) is 16.3. The van der Waals surface area contributed by atoms with Crippen molar-refractivity contribution < 1.29 is 9.53 Å². The molecular weight excluding hydrogens is 324 g/mol. The van der Waals surface area contributed by atoms with Gasteiger partial charge in [-0.15, -0.1) is 0 Å². The number of aryl methyl sites for hydroxylation is 2. The van der Waals surface area contributed by atoms with Crippen molar-refractivity contribution in [3.05, 3.63) is 64.3 Å². The minimum absolute atomic E-state index is 0.205. The molecule has 0 fully saturated rings. The van der Waals surface area contributed by atoms with Crippen molar-refractivity contribution in [3.63, 3.8) is 0 Å². The minimum Gasteiger partial charge on any atom is -0.497 e. The normalized spacial score (nSPS) is 10.7. The average molecular weight is 341 g/mol. The molecule has 122 valence electrons. The SMILES string of the molecule is COc1ccc2cc(C(=O)Nc3cc(Cl)ccc3C)c(C)nc2c1. The number of hydrogen-bond donors (Lipinski definition) is 1. The second kappa shape index (κ2) is 6.49. The van der Waals surface area contributed by atoms with Crippen LogP contribution in [-0.2, 0) is 0 Å². The molecule has 24 heavy (non-hydrogen) atoms. The van der Waals surface area contributed by atoms with Crippen molar-refractivity contribution in [2.45, 2.75) is 13.8 Å². The third-order valence-corrected chi connectivity index (χ3v) is 4.14. The molecule has 0 radical (unpaired) electrons. The molecule has 4 nitrogen and oxygen atoms in total. The average Bonchev–Trinajstić information content (AvgIpc) is 2.56. The van der Waals surface area contributed by atoms with Gasteiger partial charge >= 0.3 is 0 Å². The lowest BCUT2D eigenvalue weighted by molar-refractivity contribution is 0.102. The van der Waals surface area contributed by atoms with Crippen molar-refractivity contribution >= 4 is 34.1 Å². The molecule has 1 N–H and O–H groups in total. The molecule has 0 aliphatic heterocycles. The van der Waals surface area contributed by atoms with Crippen LogP contribution in [0.15, 0.2) is 42.5 Å². The Morgan fingerprint density at radius 2 is 1.92 bits per heavy atom. The van der Waals surface area contributed by atoms with Crippen molar-refractivity contribution in [1.29, 1.82) is 0 Å². The van der Waals surface area contributed by atoms with Crippen LogP contribution in [0.1, 0.15) is 21.6 Å². The summed E-state index contributed by atoms with van der Waals surface area (Å²) in [5.41, 5.74) is 3.63. The molecule has 3 aromatic rings. The predicted octanol–water partition coefficient (Wildman–Crippen LogP) is 4.77. The molecule has 2 aromatic carbocycles. The van der Waals surface area contributed by atoms with Gasteiger partial charge in [0, 0.05) is 22.2 Å². The number of nitrogens with one attached hydrogen (secondary N) is 1. The van der Waals surface area contributed by atoms with Crippen LogP contribution in [0.2, 0.25) is 5.02 Å². The molecule has 0 aliphatic rings. The fourth-order valence-corrected chi connectivity index (χ4v) is 2.69. The zero-order valence-electron chi connectivity index (χ0n) is 13.7. The maximum absolute atomic E-state index is 12.6. The van der Waals surface area contributed by atoms with E-state index < -0.39 is 0 Å². The molecule has 3 rings (SSSR count). The van der Waals surface area contributed by atoms with Crippen LogP contribution in [0.3, 0.4) is 0 Å². The highest BCUT2D eigenvalue weighted by molar-refractivity contribution is 6.31. The number of carbonyl (C=O) groups excluding carboxylic acids is 1. The maximum Gasteiger partial charge on any atom is 0.257 e. The summed E-state index contributed by atoms with van der Waals surface area (Å²) in [5.74, 6) is 0.532. The number of amides is 1. The number of pyridine rings is 1. The van der Waals surface area contributed by atoms with E-state index in [2.05, 4.69) is 10.3 Å². The van der Waals surface area contributed by atoms with Crippen LogP contribution in [0, 0.1) is 13.8 Å². The molecule has 1 aromatic heterocycles. The van der Waals surface area contributed by atoms with Gasteiger partial charge in [0.2, 0.25) is 0 Å². The third-order valence-electron chi connectivity index (χ3n) is 3.91. The van der Waals surface area contributed by atoms with Crippen LogP contribution >= 0.6 is 11.6 Å². The number of ether oxygens (including phenoxy) is 1. The first-order valence-electron chi connectivity index (χ1n) is 7.51. The number of fused-ring (bicyclic) bond motifs is 1. The molecule has 0 saturated carbocycles. The molecule has 0 bridgehead atoms. The van der Waals surface area contributed by atoms with Gasteiger partial charge in [-0.1, -0.05) is 17.7 Å². The van der Waals surface area contributed by atoms with Crippen LogP contribution in [-0.4, -0.2) is 18.0 Å². The van der Waals surface area contributed by atoms with Crippen LogP contribution in [0.5, 0.6) is 5.75 Å². The predicted molar refractivity (Wildman–Crippen MR) is 97.2 cm³/mol. The number of anilines is 1. The molecule has 1 heterocycles. The molecule has 0 aliphatic carbocycles. The van der Waals surface area contributed by atoms with Gasteiger partial charge in [0.15, 0.2) is 0 Å². The Balaban J connectivity index is 1.97. The lowest BCUT2D eigenvalue weighted by Crippen LogP contribution is -2.15. The summed E-state index contributed by atoms with van der Waals surface area (Å²) in [7, 11) is 1.61. The van der Waals surface area contributed by atoms with E-state index in [-0.39, 0.29) is 5.91 Å². The summed E-state index contributed by atoms with van der Waals surface area (Å²) in [6, 6.07) is 12.8. The number of benzene rings is 2. The van der Waals surface area contributed by atoms with E-state index in [4.69, 9.17) is 16.3 Å². The summed E-state index contributed by atoms with van der Waals surface area (Å²) < 4.78 is 5.21. The van der Waals surface area contributed by atoms with E-state index in [1.807, 2.05) is 44.2 Å². The molecular formula is C19H17ClN2O2. The molecule has 0 saturated heterocycles. The van der Waals surface area contributed by atoms with E-state index >= 15 is 0 Å². The Hall–Kier alpha value is -2.59. The largest absolute Gasteiger partial charge is 0.497 e. The summed E-state index contributed by atoms with van der Waals surface area (Å²) in [6.07, 6.45) is 0. The van der Waals surface area contributed by atoms with Gasteiger partial charge in [0.05, 0.1) is 23.9 Å². The van der Waals surface area contributed by atoms with E-state index in [1.54, 1.807) is 19.2 Å². The van der Waals surface area contributed by atoms with Gasteiger partial charge in [-0.05, 0) is 49.7 Å². The fourth-order valence-electron chi connectivity index (χ4n) is 2.52. The lowest BCUT2D eigenvalue weighted by Gasteiger charge is -2.11. The Morgan fingerprint density at radius 3 is 2.67 bits per heavy atom. The monoisotopic (exact) mass is 340 g/mol. The number of nitrogens with zero attached hydrogens (tertiary/aromatic N) is 1. The van der Waals surface area contributed by atoms with Crippen LogP contribution < -0.4 is 10.1 Å². The summed E-state index contributed by atoms with van der Waals surface area (Å²) in [6.45, 7) is 3.74. The fraction of sp³-hybridized carbons (Fsp3) is 0.158. The Kier molecular flexibility index (Phi) is 4.40. The lowest BCUT2D eigenvalue weighted by atomic mass is 10.1. The molecule has 1 amide bonds. The van der Waals surface area contributed by atoms with E-state index in [1.165, 1.54) is 0 Å². The number of methoxy groups -OCH3 is 1. The second-order valence-electron chi connectivity index (χ2n) is 5.59. The highest BCUT2D eigenvalue weighted by Crippen LogP contribution is 2.24. The molecule has 0 unspecified atom stereocenters. The smallest absolute Gasteiger partial charge is 0.257 e. The standard InChI is InChI=1S/C19H17ClN2O2/c1-11-4-6-14(20)9-17(11)22-19(23)16-8-13-5-7-15(24-3)10-18(13)21-12(16)2/h4-10H,1-3H3,(H,22,23). The highest BCUT2D eigenvalue weighted by Gasteiger charge is 2.13. The molecule has 0 spiro atoms. The Bertz CT molecular complexity index is 938.